The van der Waals surface area contributed by atoms with Gasteiger partial charge in [-0.1, -0.05) is 206 Å². The highest BCUT2D eigenvalue weighted by Gasteiger charge is 2.28. The molecule has 2 aromatic rings. The fourth-order valence-corrected chi connectivity index (χ4v) is 7.99. The van der Waals surface area contributed by atoms with Gasteiger partial charge < -0.3 is 5.53 Å². The molecule has 0 aliphatic carbocycles. The summed E-state index contributed by atoms with van der Waals surface area (Å²) < 4.78 is 1.46. The van der Waals surface area contributed by atoms with Crippen molar-refractivity contribution in [3.63, 3.8) is 0 Å². The first kappa shape index (κ1) is 43.9. The third-order valence-corrected chi connectivity index (χ3v) is 11.5. The van der Waals surface area contributed by atoms with Crippen LogP contribution in [0.4, 0.5) is 0 Å². The maximum Gasteiger partial charge on any atom is 0.210 e. The number of aryl methyl sites for hydroxylation is 2. The van der Waals surface area contributed by atoms with E-state index >= 15 is 0 Å². The second-order valence-corrected chi connectivity index (χ2v) is 16.2. The van der Waals surface area contributed by atoms with Crippen molar-refractivity contribution in [2.24, 2.45) is 0 Å². The number of benzene rings is 2. The van der Waals surface area contributed by atoms with Gasteiger partial charge in [0.25, 0.3) is 0 Å². The monoisotopic (exact) mass is 709 g/mol. The van der Waals surface area contributed by atoms with E-state index in [2.05, 4.69) is 75.4 Å². The Labute approximate surface area is 322 Å². The fraction of sp³-hybridized carbons (Fsp3) is 0.680. The van der Waals surface area contributed by atoms with E-state index in [-0.39, 0.29) is 0 Å². The second-order valence-electron chi connectivity index (χ2n) is 16.2. The summed E-state index contributed by atoms with van der Waals surface area (Å²) in [5.41, 5.74) is 19.6. The van der Waals surface area contributed by atoms with Crippen LogP contribution in [0.1, 0.15) is 229 Å². The van der Waals surface area contributed by atoms with Crippen LogP contribution in [0.3, 0.4) is 0 Å². The number of hydrogen-bond donors (Lipinski definition) is 0. The second kappa shape index (κ2) is 28.9. The third-order valence-electron chi connectivity index (χ3n) is 11.5. The summed E-state index contributed by atoms with van der Waals surface area (Å²) in [6.45, 7) is 6.83. The number of allylic oxidation sites excluding steroid dienone is 2. The highest BCUT2D eigenvalue weighted by Crippen LogP contribution is 2.37. The molecule has 0 saturated heterocycles. The Kier molecular flexibility index (Phi) is 24.5. The zero-order valence-electron chi connectivity index (χ0n) is 34.5. The molecular weight excluding hydrogens is 629 g/mol. The largest absolute Gasteiger partial charge is 0.493 e. The predicted octanol–water partition coefficient (Wildman–Crippen LogP) is 16.9. The van der Waals surface area contributed by atoms with Crippen molar-refractivity contribution in [1.29, 1.82) is 0 Å². The lowest BCUT2D eigenvalue weighted by Crippen LogP contribution is -2.02. The predicted molar refractivity (Wildman–Crippen MR) is 230 cm³/mol. The lowest BCUT2D eigenvalue weighted by atomic mass is 10.00. The highest BCUT2D eigenvalue weighted by molar-refractivity contribution is 5.78. The molecule has 1 aliphatic rings. The first-order chi connectivity index (χ1) is 25.7. The van der Waals surface area contributed by atoms with Crippen molar-refractivity contribution >= 4 is 11.4 Å². The number of hydrogen-bond acceptors (Lipinski definition) is 0. The van der Waals surface area contributed by atoms with E-state index in [0.29, 0.717) is 0 Å². The van der Waals surface area contributed by atoms with Gasteiger partial charge in [-0.15, -0.1) is 0 Å². The maximum atomic E-state index is 11.5. The van der Waals surface area contributed by atoms with Gasteiger partial charge in [0.1, 0.15) is 0 Å². The molecule has 0 bridgehead atoms. The quantitative estimate of drug-likeness (QED) is 0.0521. The van der Waals surface area contributed by atoms with Gasteiger partial charge in [0.15, 0.2) is 0 Å². The average molecular weight is 709 g/mol. The maximum absolute atomic E-state index is 11.5. The van der Waals surface area contributed by atoms with Crippen LogP contribution in [-0.4, -0.2) is 4.70 Å². The average Bonchev–Trinajstić information content (AvgIpc) is 3.50. The van der Waals surface area contributed by atoms with Gasteiger partial charge in [-0.2, -0.15) is 0 Å². The van der Waals surface area contributed by atoms with Gasteiger partial charge in [0, 0.05) is 22.8 Å². The minimum atomic E-state index is 0.905. The van der Waals surface area contributed by atoms with E-state index in [1.54, 1.807) is 0 Å². The Morgan fingerprint density at radius 2 is 0.692 bits per heavy atom. The zero-order valence-corrected chi connectivity index (χ0v) is 34.5. The summed E-state index contributed by atoms with van der Waals surface area (Å²) in [7, 11) is 0. The molecular formula is C50H80N2. The SMILES string of the molecule is CCCCCCCCCCCCCCCCCCCCCCc1ccc(C2=CC(CCCC)=C(c3ccc(CCCCCCCC)cc3)[N+]2=[N-])cc1. The minimum Gasteiger partial charge on any atom is -0.493 e. The van der Waals surface area contributed by atoms with Crippen molar-refractivity contribution in [3.05, 3.63) is 88.0 Å². The van der Waals surface area contributed by atoms with Gasteiger partial charge in [-0.05, 0) is 73.9 Å². The Morgan fingerprint density at radius 1 is 0.365 bits per heavy atom. The smallest absolute Gasteiger partial charge is 0.210 e. The van der Waals surface area contributed by atoms with Gasteiger partial charge in [0.2, 0.25) is 11.4 Å². The molecule has 0 spiro atoms. The van der Waals surface area contributed by atoms with Gasteiger partial charge in [-0.3, -0.25) is 0 Å². The number of rotatable bonds is 33. The van der Waals surface area contributed by atoms with Crippen LogP contribution in [0.15, 0.2) is 60.2 Å². The molecule has 1 heterocycles. The molecule has 0 saturated carbocycles. The Morgan fingerprint density at radius 3 is 1.06 bits per heavy atom. The van der Waals surface area contributed by atoms with Crippen molar-refractivity contribution in [2.45, 2.75) is 220 Å². The molecule has 0 N–H and O–H groups in total. The summed E-state index contributed by atoms with van der Waals surface area (Å²) in [5, 5.41) is 0. The van der Waals surface area contributed by atoms with Crippen molar-refractivity contribution in [2.75, 3.05) is 0 Å². The van der Waals surface area contributed by atoms with Crippen LogP contribution in [0.5, 0.6) is 0 Å². The zero-order chi connectivity index (χ0) is 36.9. The van der Waals surface area contributed by atoms with E-state index < -0.39 is 0 Å². The van der Waals surface area contributed by atoms with Crippen LogP contribution in [-0.2, 0) is 12.8 Å². The number of unbranched alkanes of at least 4 members (excludes halogenated alkanes) is 25. The Balaban J connectivity index is 1.27. The molecule has 0 aromatic heterocycles. The molecule has 0 unspecified atom stereocenters. The molecule has 3 rings (SSSR count). The first-order valence-electron chi connectivity index (χ1n) is 22.8. The Bertz CT molecular complexity index is 1250. The van der Waals surface area contributed by atoms with E-state index in [4.69, 9.17) is 0 Å². The van der Waals surface area contributed by atoms with Crippen molar-refractivity contribution < 1.29 is 4.70 Å². The van der Waals surface area contributed by atoms with Crippen molar-refractivity contribution in [3.8, 4) is 0 Å². The van der Waals surface area contributed by atoms with E-state index in [1.165, 1.54) is 188 Å². The van der Waals surface area contributed by atoms with E-state index in [9.17, 15) is 5.53 Å². The minimum absolute atomic E-state index is 0.905. The van der Waals surface area contributed by atoms with E-state index in [0.717, 1.165) is 54.6 Å². The lowest BCUT2D eigenvalue weighted by molar-refractivity contribution is -0.344. The van der Waals surface area contributed by atoms with Gasteiger partial charge in [-0.25, -0.2) is 4.70 Å². The molecule has 290 valence electrons. The first-order valence-corrected chi connectivity index (χ1v) is 22.8. The third kappa shape index (κ3) is 18.0. The van der Waals surface area contributed by atoms with Crippen LogP contribution >= 0.6 is 0 Å². The molecule has 1 aliphatic heterocycles. The topological polar surface area (TPSA) is 25.3 Å². The Hall–Kier alpha value is -2.48. The van der Waals surface area contributed by atoms with Crippen LogP contribution in [0.2, 0.25) is 0 Å². The molecule has 0 amide bonds. The normalized spacial score (nSPS) is 13.1. The number of nitrogens with zero attached hydrogens (tertiary/aromatic N) is 2. The molecule has 0 atom stereocenters. The summed E-state index contributed by atoms with van der Waals surface area (Å²) in [6.07, 6.45) is 44.3. The van der Waals surface area contributed by atoms with Crippen LogP contribution < -0.4 is 0 Å². The molecule has 2 aromatic carbocycles. The van der Waals surface area contributed by atoms with E-state index in [1.807, 2.05) is 0 Å². The van der Waals surface area contributed by atoms with Gasteiger partial charge >= 0.3 is 0 Å². The summed E-state index contributed by atoms with van der Waals surface area (Å²) in [6, 6.07) is 18.0. The van der Waals surface area contributed by atoms with Crippen molar-refractivity contribution in [1.82, 2.24) is 0 Å². The van der Waals surface area contributed by atoms with Crippen LogP contribution in [0, 0.1) is 0 Å². The highest BCUT2D eigenvalue weighted by atomic mass is 15.2. The van der Waals surface area contributed by atoms with Gasteiger partial charge in [0.05, 0.1) is 0 Å². The fourth-order valence-electron chi connectivity index (χ4n) is 7.99. The van der Waals surface area contributed by atoms with Crippen LogP contribution in [0.25, 0.3) is 16.9 Å². The molecule has 2 nitrogen and oxygen atoms in total. The summed E-state index contributed by atoms with van der Waals surface area (Å²) >= 11 is 0. The molecule has 2 heteroatoms. The summed E-state index contributed by atoms with van der Waals surface area (Å²) in [5.74, 6) is 0. The molecule has 52 heavy (non-hydrogen) atoms. The molecule has 0 fully saturated rings. The lowest BCUT2D eigenvalue weighted by Gasteiger charge is -2.11. The summed E-state index contributed by atoms with van der Waals surface area (Å²) in [4.78, 5) is 0. The standard InChI is InChI=1S/C50H80N2/c1-4-7-10-12-14-15-16-17-18-19-20-21-22-23-24-25-26-27-29-31-32-44-35-39-46(40-36-44)49-43-48(34-9-6-3)50(52(49)51)47-41-37-45(38-42-47)33-30-28-13-11-8-5-2/h35-43H,4-34H2,1-3H3. The molecule has 0 radical (unpaired) electrons.